The Bertz CT molecular complexity index is 647. The summed E-state index contributed by atoms with van der Waals surface area (Å²) in [5.74, 6) is -0.355. The minimum Gasteiger partial charge on any atom is -0.369 e. The summed E-state index contributed by atoms with van der Waals surface area (Å²) in [4.78, 5) is 11.0. The van der Waals surface area contributed by atoms with E-state index in [1.54, 1.807) is 0 Å². The van der Waals surface area contributed by atoms with Gasteiger partial charge in [-0.25, -0.2) is 0 Å². The van der Waals surface area contributed by atoms with Gasteiger partial charge in [0.25, 0.3) is 0 Å². The number of nitrogens with zero attached hydrogens (tertiary/aromatic N) is 2. The molecular formula is C15H18N4O. The Balaban J connectivity index is 1.98. The molecule has 1 amide bonds. The lowest BCUT2D eigenvalue weighted by Crippen LogP contribution is -2.31. The van der Waals surface area contributed by atoms with Crippen LogP contribution in [0.5, 0.6) is 0 Å². The van der Waals surface area contributed by atoms with E-state index in [1.165, 1.54) is 11.1 Å². The molecule has 0 saturated heterocycles. The molecule has 1 unspecified atom stereocenters. The quantitative estimate of drug-likeness (QED) is 0.861. The van der Waals surface area contributed by atoms with E-state index < -0.39 is 0 Å². The third kappa shape index (κ3) is 2.32. The molecule has 104 valence electrons. The summed E-state index contributed by atoms with van der Waals surface area (Å²) in [7, 11) is 1.90. The zero-order valence-corrected chi connectivity index (χ0v) is 11.5. The minimum atomic E-state index is -0.355. The maximum Gasteiger partial charge on any atom is 0.223 e. The number of amides is 1. The Morgan fingerprint density at radius 2 is 2.30 bits per heavy atom. The highest BCUT2D eigenvalue weighted by Gasteiger charge is 2.24. The number of rotatable bonds is 3. The molecule has 1 aromatic carbocycles. The van der Waals surface area contributed by atoms with E-state index in [0.29, 0.717) is 0 Å². The van der Waals surface area contributed by atoms with E-state index in [0.717, 1.165) is 24.4 Å². The van der Waals surface area contributed by atoms with E-state index in [1.807, 2.05) is 17.8 Å². The highest BCUT2D eigenvalue weighted by atomic mass is 16.1. The first-order valence-corrected chi connectivity index (χ1v) is 6.77. The lowest BCUT2D eigenvalue weighted by atomic mass is 9.92. The number of carbonyl (C=O) groups excluding carboxylic acids is 1. The first-order chi connectivity index (χ1) is 9.65. The first-order valence-electron chi connectivity index (χ1n) is 6.77. The molecule has 3 N–H and O–H groups in total. The van der Waals surface area contributed by atoms with Crippen molar-refractivity contribution in [3.05, 3.63) is 52.8 Å². The molecule has 5 nitrogen and oxygen atoms in total. The Kier molecular flexibility index (Phi) is 3.28. The van der Waals surface area contributed by atoms with Crippen LogP contribution in [0.4, 0.5) is 0 Å². The summed E-state index contributed by atoms with van der Waals surface area (Å²) in [6.07, 6.45) is 1.22. The molecule has 0 bridgehead atoms. The number of benzene rings is 1. The van der Waals surface area contributed by atoms with E-state index in [4.69, 9.17) is 5.73 Å². The zero-order valence-electron chi connectivity index (χ0n) is 11.5. The van der Waals surface area contributed by atoms with Gasteiger partial charge in [0.15, 0.2) is 0 Å². The highest BCUT2D eigenvalue weighted by molar-refractivity contribution is 5.76. The zero-order chi connectivity index (χ0) is 14.1. The van der Waals surface area contributed by atoms with Crippen LogP contribution in [0.2, 0.25) is 0 Å². The highest BCUT2D eigenvalue weighted by Crippen LogP contribution is 2.28. The maximum absolute atomic E-state index is 11.0. The van der Waals surface area contributed by atoms with E-state index in [2.05, 4.69) is 34.7 Å². The Hall–Kier alpha value is -2.14. The average Bonchev–Trinajstić information content (AvgIpc) is 2.78. The molecule has 0 aliphatic carbocycles. The topological polar surface area (TPSA) is 72.9 Å². The summed E-state index contributed by atoms with van der Waals surface area (Å²) >= 11 is 0. The predicted octanol–water partition coefficient (Wildman–Crippen LogP) is 0.683. The SMILES string of the molecule is Cn1nc(CC(N)=O)cc1C1NCCc2ccccc21. The molecule has 0 radical (unpaired) electrons. The van der Waals surface area contributed by atoms with Gasteiger partial charge >= 0.3 is 0 Å². The van der Waals surface area contributed by atoms with Crippen molar-refractivity contribution in [1.29, 1.82) is 0 Å². The molecule has 0 fully saturated rings. The van der Waals surface area contributed by atoms with Crippen molar-refractivity contribution in [1.82, 2.24) is 15.1 Å². The van der Waals surface area contributed by atoms with Crippen molar-refractivity contribution in [2.45, 2.75) is 18.9 Å². The molecule has 5 heteroatoms. The van der Waals surface area contributed by atoms with Gasteiger partial charge in [-0.2, -0.15) is 5.10 Å². The van der Waals surface area contributed by atoms with Crippen LogP contribution in [0.25, 0.3) is 0 Å². The summed E-state index contributed by atoms with van der Waals surface area (Å²) in [5.41, 5.74) is 9.67. The van der Waals surface area contributed by atoms with Gasteiger partial charge in [0.2, 0.25) is 5.91 Å². The van der Waals surface area contributed by atoms with Gasteiger partial charge in [-0.3, -0.25) is 9.48 Å². The molecule has 1 atom stereocenters. The average molecular weight is 270 g/mol. The van der Waals surface area contributed by atoms with Gasteiger partial charge in [0.05, 0.1) is 23.9 Å². The standard InChI is InChI=1S/C15H18N4O/c1-19-13(8-11(18-19)9-14(16)20)15-12-5-3-2-4-10(12)6-7-17-15/h2-5,8,15,17H,6-7,9H2,1H3,(H2,16,20). The van der Waals surface area contributed by atoms with Gasteiger partial charge in [0, 0.05) is 13.6 Å². The number of carbonyl (C=O) groups is 1. The molecule has 1 aliphatic heterocycles. The summed E-state index contributed by atoms with van der Waals surface area (Å²) in [6.45, 7) is 0.942. The molecule has 0 saturated carbocycles. The van der Waals surface area contributed by atoms with Crippen LogP contribution in [0.1, 0.15) is 28.6 Å². The van der Waals surface area contributed by atoms with Crippen LogP contribution in [-0.4, -0.2) is 22.2 Å². The molecule has 2 heterocycles. The first kappa shape index (κ1) is 12.9. The maximum atomic E-state index is 11.0. The van der Waals surface area contributed by atoms with Crippen molar-refractivity contribution >= 4 is 5.91 Å². The number of hydrogen-bond acceptors (Lipinski definition) is 3. The van der Waals surface area contributed by atoms with Crippen molar-refractivity contribution in [2.75, 3.05) is 6.54 Å². The largest absolute Gasteiger partial charge is 0.369 e. The van der Waals surface area contributed by atoms with Crippen LogP contribution in [0.15, 0.2) is 30.3 Å². The van der Waals surface area contributed by atoms with E-state index >= 15 is 0 Å². The second-order valence-corrected chi connectivity index (χ2v) is 5.16. The molecule has 1 aliphatic rings. The van der Waals surface area contributed by atoms with Gasteiger partial charge in [0.1, 0.15) is 0 Å². The minimum absolute atomic E-state index is 0.124. The fraction of sp³-hybridized carbons (Fsp3) is 0.333. The third-order valence-electron chi connectivity index (χ3n) is 3.73. The van der Waals surface area contributed by atoms with E-state index in [9.17, 15) is 4.79 Å². The summed E-state index contributed by atoms with van der Waals surface area (Å²) < 4.78 is 1.83. The fourth-order valence-electron chi connectivity index (χ4n) is 2.85. The van der Waals surface area contributed by atoms with Crippen molar-refractivity contribution < 1.29 is 4.79 Å². The molecule has 2 aromatic rings. The third-order valence-corrected chi connectivity index (χ3v) is 3.73. The van der Waals surface area contributed by atoms with Gasteiger partial charge in [-0.15, -0.1) is 0 Å². The fourth-order valence-corrected chi connectivity index (χ4v) is 2.85. The molecule has 3 rings (SSSR count). The number of fused-ring (bicyclic) bond motifs is 1. The molecular weight excluding hydrogens is 252 g/mol. The molecule has 0 spiro atoms. The second kappa shape index (κ2) is 5.09. The lowest BCUT2D eigenvalue weighted by molar-refractivity contribution is -0.117. The second-order valence-electron chi connectivity index (χ2n) is 5.16. The monoisotopic (exact) mass is 270 g/mol. The van der Waals surface area contributed by atoms with Crippen LogP contribution in [0.3, 0.4) is 0 Å². The van der Waals surface area contributed by atoms with Gasteiger partial charge in [-0.05, 0) is 23.6 Å². The lowest BCUT2D eigenvalue weighted by Gasteiger charge is -2.26. The number of aryl methyl sites for hydroxylation is 1. The normalized spacial score (nSPS) is 17.8. The van der Waals surface area contributed by atoms with Crippen molar-refractivity contribution in [3.63, 3.8) is 0 Å². The van der Waals surface area contributed by atoms with Crippen molar-refractivity contribution in [3.8, 4) is 0 Å². The van der Waals surface area contributed by atoms with Crippen LogP contribution in [0, 0.1) is 0 Å². The smallest absolute Gasteiger partial charge is 0.223 e. The van der Waals surface area contributed by atoms with Crippen LogP contribution < -0.4 is 11.1 Å². The Morgan fingerprint density at radius 1 is 1.50 bits per heavy atom. The Labute approximate surface area is 117 Å². The number of nitrogens with two attached hydrogens (primary N) is 1. The summed E-state index contributed by atoms with van der Waals surface area (Å²) in [6, 6.07) is 10.5. The number of primary amides is 1. The number of hydrogen-bond donors (Lipinski definition) is 2. The predicted molar refractivity (Wildman–Crippen MR) is 76.1 cm³/mol. The van der Waals surface area contributed by atoms with Gasteiger partial charge in [-0.1, -0.05) is 24.3 Å². The summed E-state index contributed by atoms with van der Waals surface area (Å²) in [5, 5.41) is 7.90. The van der Waals surface area contributed by atoms with Crippen LogP contribution >= 0.6 is 0 Å². The number of nitrogens with one attached hydrogen (secondary N) is 1. The van der Waals surface area contributed by atoms with Gasteiger partial charge < -0.3 is 11.1 Å². The number of aromatic nitrogens is 2. The molecule has 20 heavy (non-hydrogen) atoms. The van der Waals surface area contributed by atoms with Crippen LogP contribution in [-0.2, 0) is 24.7 Å². The molecule has 1 aromatic heterocycles. The van der Waals surface area contributed by atoms with E-state index in [-0.39, 0.29) is 18.4 Å². The Morgan fingerprint density at radius 3 is 3.10 bits per heavy atom. The van der Waals surface area contributed by atoms with Crippen molar-refractivity contribution in [2.24, 2.45) is 12.8 Å².